The molecule has 6 nitrogen and oxygen atoms in total. The molecule has 0 atom stereocenters. The topological polar surface area (TPSA) is 89.3 Å². The minimum Gasteiger partial charge on any atom is -0.258 e. The van der Waals surface area contributed by atoms with E-state index in [0.717, 1.165) is 15.4 Å². The molecule has 1 N–H and O–H groups in total. The highest BCUT2D eigenvalue weighted by Crippen LogP contribution is 2.23. The third-order valence-corrected chi connectivity index (χ3v) is 5.84. The van der Waals surface area contributed by atoms with Gasteiger partial charge >= 0.3 is 0 Å². The zero-order valence-corrected chi connectivity index (χ0v) is 14.1. The van der Waals surface area contributed by atoms with E-state index in [4.69, 9.17) is 0 Å². The molecule has 2 rings (SSSR count). The highest BCUT2D eigenvalue weighted by Gasteiger charge is 2.19. The van der Waals surface area contributed by atoms with E-state index in [1.165, 1.54) is 23.5 Å². The number of rotatable bonds is 5. The van der Waals surface area contributed by atoms with Crippen LogP contribution in [0.25, 0.3) is 0 Å². The molecule has 1 aromatic heterocycles. The van der Waals surface area contributed by atoms with Crippen LogP contribution >= 0.6 is 27.3 Å². The number of nitrogens with zero attached hydrogens (tertiary/aromatic N) is 1. The molecule has 0 saturated heterocycles. The van der Waals surface area contributed by atoms with E-state index in [-0.39, 0.29) is 17.1 Å². The molecular formula is C12H11BrN2O4S2. The second-order valence-corrected chi connectivity index (χ2v) is 7.94. The lowest BCUT2D eigenvalue weighted by atomic mass is 10.2. The molecule has 112 valence electrons. The van der Waals surface area contributed by atoms with Crippen LogP contribution in [-0.4, -0.2) is 13.3 Å². The van der Waals surface area contributed by atoms with E-state index in [9.17, 15) is 18.5 Å². The van der Waals surface area contributed by atoms with Crippen LogP contribution in [0.5, 0.6) is 0 Å². The van der Waals surface area contributed by atoms with Crippen LogP contribution in [0.1, 0.15) is 10.4 Å². The van der Waals surface area contributed by atoms with Gasteiger partial charge in [0, 0.05) is 32.9 Å². The Morgan fingerprint density at radius 1 is 1.38 bits per heavy atom. The number of hydrogen-bond acceptors (Lipinski definition) is 5. The van der Waals surface area contributed by atoms with Crippen molar-refractivity contribution < 1.29 is 13.3 Å². The van der Waals surface area contributed by atoms with Gasteiger partial charge in [-0.1, -0.05) is 6.07 Å². The first-order valence-corrected chi connectivity index (χ1v) is 8.93. The van der Waals surface area contributed by atoms with Crippen LogP contribution in [-0.2, 0) is 16.6 Å². The van der Waals surface area contributed by atoms with Gasteiger partial charge in [-0.05, 0) is 35.0 Å². The van der Waals surface area contributed by atoms with E-state index >= 15 is 0 Å². The van der Waals surface area contributed by atoms with E-state index in [2.05, 4.69) is 20.7 Å². The molecular weight excluding hydrogens is 380 g/mol. The standard InChI is InChI=1S/C12H11BrN2O4S2/c1-8-2-3-11(5-12(8)15(16)17)21(18,19)14-6-10-4-9(13)7-20-10/h2-5,7,14H,6H2,1H3. The highest BCUT2D eigenvalue weighted by atomic mass is 79.9. The van der Waals surface area contributed by atoms with Gasteiger partial charge in [-0.2, -0.15) is 0 Å². The Balaban J connectivity index is 2.23. The number of hydrogen-bond donors (Lipinski definition) is 1. The molecule has 0 aliphatic heterocycles. The van der Waals surface area contributed by atoms with E-state index in [1.54, 1.807) is 6.92 Å². The van der Waals surface area contributed by atoms with Crippen molar-refractivity contribution in [2.45, 2.75) is 18.4 Å². The first-order chi connectivity index (χ1) is 9.79. The summed E-state index contributed by atoms with van der Waals surface area (Å²) in [6.45, 7) is 1.70. The summed E-state index contributed by atoms with van der Waals surface area (Å²) in [4.78, 5) is 11.0. The van der Waals surface area contributed by atoms with Crippen molar-refractivity contribution in [2.75, 3.05) is 0 Å². The summed E-state index contributed by atoms with van der Waals surface area (Å²) in [5.41, 5.74) is 0.206. The number of benzene rings is 1. The summed E-state index contributed by atoms with van der Waals surface area (Å²) in [6, 6.07) is 5.66. The number of nitro benzene ring substituents is 1. The first-order valence-electron chi connectivity index (χ1n) is 5.77. The molecule has 0 fully saturated rings. The molecule has 9 heteroatoms. The Kier molecular flexibility index (Phi) is 4.77. The molecule has 1 heterocycles. The second kappa shape index (κ2) is 6.22. The monoisotopic (exact) mass is 390 g/mol. The SMILES string of the molecule is Cc1ccc(S(=O)(=O)NCc2cc(Br)cs2)cc1[N+](=O)[O-]. The Hall–Kier alpha value is -1.29. The van der Waals surface area contributed by atoms with Crippen molar-refractivity contribution in [2.24, 2.45) is 0 Å². The normalized spacial score (nSPS) is 11.5. The molecule has 0 aliphatic carbocycles. The zero-order chi connectivity index (χ0) is 15.6. The lowest BCUT2D eigenvalue weighted by molar-refractivity contribution is -0.385. The van der Waals surface area contributed by atoms with Gasteiger partial charge in [0.2, 0.25) is 10.0 Å². The van der Waals surface area contributed by atoms with Crippen LogP contribution < -0.4 is 4.72 Å². The van der Waals surface area contributed by atoms with Gasteiger partial charge in [-0.15, -0.1) is 11.3 Å². The summed E-state index contributed by atoms with van der Waals surface area (Å²) >= 11 is 4.70. The Morgan fingerprint density at radius 3 is 2.67 bits per heavy atom. The number of nitro groups is 1. The molecule has 0 aliphatic rings. The fourth-order valence-electron chi connectivity index (χ4n) is 1.65. The van der Waals surface area contributed by atoms with Crippen LogP contribution in [0.3, 0.4) is 0 Å². The molecule has 0 bridgehead atoms. The van der Waals surface area contributed by atoms with Crippen molar-refractivity contribution in [3.63, 3.8) is 0 Å². The average Bonchev–Trinajstić information content (AvgIpc) is 2.82. The Bertz CT molecular complexity index is 786. The van der Waals surface area contributed by atoms with Crippen molar-refractivity contribution in [1.29, 1.82) is 0 Å². The third-order valence-electron chi connectivity index (χ3n) is 2.75. The maximum Gasteiger partial charge on any atom is 0.273 e. The quantitative estimate of drug-likeness (QED) is 0.626. The minimum atomic E-state index is -3.79. The molecule has 2 aromatic rings. The molecule has 0 unspecified atom stereocenters. The van der Waals surface area contributed by atoms with Gasteiger partial charge in [0.15, 0.2) is 0 Å². The van der Waals surface area contributed by atoms with Crippen molar-refractivity contribution >= 4 is 43.0 Å². The number of halogens is 1. The zero-order valence-electron chi connectivity index (χ0n) is 10.9. The predicted molar refractivity (Wildman–Crippen MR) is 83.9 cm³/mol. The summed E-state index contributed by atoms with van der Waals surface area (Å²) in [7, 11) is -3.79. The van der Waals surface area contributed by atoms with Gasteiger partial charge in [0.25, 0.3) is 5.69 Å². The molecule has 0 amide bonds. The number of aryl methyl sites for hydroxylation is 1. The largest absolute Gasteiger partial charge is 0.273 e. The highest BCUT2D eigenvalue weighted by molar-refractivity contribution is 9.10. The molecule has 0 radical (unpaired) electrons. The second-order valence-electron chi connectivity index (χ2n) is 4.26. The van der Waals surface area contributed by atoms with Crippen LogP contribution in [0.2, 0.25) is 0 Å². The number of sulfonamides is 1. The molecule has 0 spiro atoms. The predicted octanol–water partition coefficient (Wildman–Crippen LogP) is 3.21. The fourth-order valence-corrected chi connectivity index (χ4v) is 4.16. The third kappa shape index (κ3) is 3.88. The van der Waals surface area contributed by atoms with Gasteiger partial charge in [0.05, 0.1) is 9.82 Å². The number of nitrogens with one attached hydrogen (secondary N) is 1. The van der Waals surface area contributed by atoms with Gasteiger partial charge in [-0.25, -0.2) is 13.1 Å². The number of thiophene rings is 1. The summed E-state index contributed by atoms with van der Waals surface area (Å²) in [5.74, 6) is 0. The maximum atomic E-state index is 12.2. The van der Waals surface area contributed by atoms with E-state index in [1.807, 2.05) is 11.4 Å². The first kappa shape index (κ1) is 16.1. The summed E-state index contributed by atoms with van der Waals surface area (Å²) in [5, 5.41) is 12.7. The minimum absolute atomic E-state index is 0.115. The molecule has 1 aromatic carbocycles. The lowest BCUT2D eigenvalue weighted by Crippen LogP contribution is -2.22. The molecule has 21 heavy (non-hydrogen) atoms. The fraction of sp³-hybridized carbons (Fsp3) is 0.167. The lowest BCUT2D eigenvalue weighted by Gasteiger charge is -2.06. The Labute approximate surface area is 134 Å². The van der Waals surface area contributed by atoms with E-state index in [0.29, 0.717) is 5.56 Å². The van der Waals surface area contributed by atoms with Crippen molar-refractivity contribution in [3.05, 3.63) is 54.7 Å². The van der Waals surface area contributed by atoms with Crippen LogP contribution in [0, 0.1) is 17.0 Å². The van der Waals surface area contributed by atoms with Crippen molar-refractivity contribution in [3.8, 4) is 0 Å². The average molecular weight is 391 g/mol. The van der Waals surface area contributed by atoms with Gasteiger partial charge in [-0.3, -0.25) is 10.1 Å². The van der Waals surface area contributed by atoms with Gasteiger partial charge in [0.1, 0.15) is 0 Å². The Morgan fingerprint density at radius 2 is 2.10 bits per heavy atom. The van der Waals surface area contributed by atoms with Gasteiger partial charge < -0.3 is 0 Å². The smallest absolute Gasteiger partial charge is 0.258 e. The molecule has 0 saturated carbocycles. The van der Waals surface area contributed by atoms with E-state index < -0.39 is 14.9 Å². The van der Waals surface area contributed by atoms with Crippen molar-refractivity contribution in [1.82, 2.24) is 4.72 Å². The van der Waals surface area contributed by atoms with Crippen LogP contribution in [0.4, 0.5) is 5.69 Å². The summed E-state index contributed by atoms with van der Waals surface area (Å²) < 4.78 is 27.6. The maximum absolute atomic E-state index is 12.2. The summed E-state index contributed by atoms with van der Waals surface area (Å²) in [6.07, 6.45) is 0. The van der Waals surface area contributed by atoms with Crippen LogP contribution in [0.15, 0.2) is 39.0 Å².